The second-order valence-corrected chi connectivity index (χ2v) is 8.08. The van der Waals surface area contributed by atoms with Crippen molar-refractivity contribution in [2.24, 2.45) is 0 Å². The van der Waals surface area contributed by atoms with E-state index < -0.39 is 22.0 Å². The van der Waals surface area contributed by atoms with Gasteiger partial charge in [0.05, 0.1) is 29.4 Å². The average Bonchev–Trinajstić information content (AvgIpc) is 3.06. The standard InChI is InChI=1S/C17H22N4O6S/c1-2-27-17(22)11-20-16-8-4-7-15(14(16)10-18-20)19-28(25,26)13-6-3-5-12(9-13)21(23)24/h3,5-6,9-10,15,19,23-24H,2,4,7-8,11H2,1H3. The Morgan fingerprint density at radius 3 is 2.93 bits per heavy atom. The summed E-state index contributed by atoms with van der Waals surface area (Å²) in [7, 11) is -3.91. The number of hydrogen-bond acceptors (Lipinski definition) is 8. The van der Waals surface area contributed by atoms with Gasteiger partial charge in [-0.25, -0.2) is 13.1 Å². The molecule has 0 amide bonds. The van der Waals surface area contributed by atoms with E-state index in [0.717, 1.165) is 23.7 Å². The number of rotatable bonds is 7. The summed E-state index contributed by atoms with van der Waals surface area (Å²) in [6.45, 7) is 1.99. The van der Waals surface area contributed by atoms with Gasteiger partial charge in [0.2, 0.25) is 10.0 Å². The van der Waals surface area contributed by atoms with Crippen LogP contribution >= 0.6 is 0 Å². The Morgan fingerprint density at radius 1 is 1.43 bits per heavy atom. The van der Waals surface area contributed by atoms with E-state index in [4.69, 9.17) is 15.2 Å². The first-order chi connectivity index (χ1) is 13.3. The summed E-state index contributed by atoms with van der Waals surface area (Å²) in [6.07, 6.45) is 3.58. The van der Waals surface area contributed by atoms with E-state index in [0.29, 0.717) is 12.8 Å². The third kappa shape index (κ3) is 4.33. The number of hydrogen-bond donors (Lipinski definition) is 3. The van der Waals surface area contributed by atoms with Gasteiger partial charge in [-0.1, -0.05) is 6.07 Å². The van der Waals surface area contributed by atoms with Crippen molar-refractivity contribution in [2.75, 3.05) is 11.8 Å². The molecular weight excluding hydrogens is 388 g/mol. The molecule has 1 aromatic carbocycles. The van der Waals surface area contributed by atoms with Gasteiger partial charge in [-0.3, -0.25) is 19.9 Å². The fourth-order valence-corrected chi connectivity index (χ4v) is 4.53. The van der Waals surface area contributed by atoms with Crippen LogP contribution in [0.4, 0.5) is 5.69 Å². The van der Waals surface area contributed by atoms with E-state index in [1.165, 1.54) is 18.2 Å². The summed E-state index contributed by atoms with van der Waals surface area (Å²) in [4.78, 5) is 11.6. The third-order valence-corrected chi connectivity index (χ3v) is 5.97. The molecule has 10 nitrogen and oxygen atoms in total. The number of ether oxygens (including phenoxy) is 1. The van der Waals surface area contributed by atoms with Crippen molar-refractivity contribution < 1.29 is 28.4 Å². The topological polar surface area (TPSA) is 134 Å². The molecule has 0 spiro atoms. The normalized spacial score (nSPS) is 16.5. The van der Waals surface area contributed by atoms with Gasteiger partial charge < -0.3 is 4.74 Å². The zero-order valence-corrected chi connectivity index (χ0v) is 16.1. The Hall–Kier alpha value is -2.47. The number of fused-ring (bicyclic) bond motifs is 1. The minimum absolute atomic E-state index is 0.0203. The molecule has 152 valence electrons. The molecular formula is C17H22N4O6S. The van der Waals surface area contributed by atoms with Crippen molar-refractivity contribution in [3.05, 3.63) is 41.7 Å². The molecule has 1 unspecified atom stereocenters. The van der Waals surface area contributed by atoms with Gasteiger partial charge in [0, 0.05) is 11.3 Å². The highest BCUT2D eigenvalue weighted by atomic mass is 32.2. The highest BCUT2D eigenvalue weighted by molar-refractivity contribution is 7.89. The third-order valence-electron chi connectivity index (χ3n) is 4.50. The van der Waals surface area contributed by atoms with Crippen molar-refractivity contribution in [3.8, 4) is 0 Å². The first-order valence-electron chi connectivity index (χ1n) is 8.82. The highest BCUT2D eigenvalue weighted by Crippen LogP contribution is 2.31. The number of anilines is 1. The van der Waals surface area contributed by atoms with Crippen LogP contribution in [0.2, 0.25) is 0 Å². The Balaban J connectivity index is 1.82. The number of carbonyl (C=O) groups excluding carboxylic acids is 1. The van der Waals surface area contributed by atoms with Crippen LogP contribution in [0.25, 0.3) is 0 Å². The fraction of sp³-hybridized carbons (Fsp3) is 0.412. The van der Waals surface area contributed by atoms with Gasteiger partial charge in [-0.05, 0) is 44.4 Å². The maximum absolute atomic E-state index is 12.8. The Kier molecular flexibility index (Phi) is 5.98. The molecule has 1 aliphatic carbocycles. The van der Waals surface area contributed by atoms with Gasteiger partial charge in [0.15, 0.2) is 0 Å². The number of nitrogens with one attached hydrogen (secondary N) is 1. The molecule has 3 rings (SSSR count). The van der Waals surface area contributed by atoms with Crippen molar-refractivity contribution in [1.29, 1.82) is 0 Å². The van der Waals surface area contributed by atoms with Crippen LogP contribution in [-0.2, 0) is 32.5 Å². The molecule has 1 atom stereocenters. The van der Waals surface area contributed by atoms with Crippen LogP contribution in [0.5, 0.6) is 0 Å². The predicted molar refractivity (Wildman–Crippen MR) is 97.4 cm³/mol. The average molecular weight is 410 g/mol. The van der Waals surface area contributed by atoms with Crippen LogP contribution in [0.1, 0.15) is 37.1 Å². The first-order valence-corrected chi connectivity index (χ1v) is 10.3. The number of aromatic nitrogens is 2. The summed E-state index contributed by atoms with van der Waals surface area (Å²) in [5.41, 5.74) is 1.45. The van der Waals surface area contributed by atoms with E-state index in [1.807, 2.05) is 0 Å². The molecule has 0 aliphatic heterocycles. The molecule has 2 aromatic rings. The maximum atomic E-state index is 12.8. The van der Waals surface area contributed by atoms with Gasteiger partial charge >= 0.3 is 5.97 Å². The lowest BCUT2D eigenvalue weighted by Gasteiger charge is -2.24. The quantitative estimate of drug-likeness (QED) is 0.460. The van der Waals surface area contributed by atoms with Crippen LogP contribution in [0.3, 0.4) is 0 Å². The predicted octanol–water partition coefficient (Wildman–Crippen LogP) is 1.39. The van der Waals surface area contributed by atoms with E-state index >= 15 is 0 Å². The summed E-state index contributed by atoms with van der Waals surface area (Å²) in [5, 5.41) is 22.3. The van der Waals surface area contributed by atoms with E-state index in [1.54, 1.807) is 17.8 Å². The summed E-state index contributed by atoms with van der Waals surface area (Å²) >= 11 is 0. The molecule has 0 bridgehead atoms. The van der Waals surface area contributed by atoms with E-state index in [2.05, 4.69) is 9.82 Å². The SMILES string of the molecule is CCOC(=O)Cn1ncc2c1CCCC2NS(=O)(=O)c1cccc(N(O)O)c1. The van der Waals surface area contributed by atoms with Crippen molar-refractivity contribution in [1.82, 2.24) is 14.5 Å². The molecule has 1 aromatic heterocycles. The zero-order chi connectivity index (χ0) is 20.3. The lowest BCUT2D eigenvalue weighted by Crippen LogP contribution is -2.31. The number of sulfonamides is 1. The molecule has 11 heteroatoms. The fourth-order valence-electron chi connectivity index (χ4n) is 3.24. The van der Waals surface area contributed by atoms with Crippen molar-refractivity contribution in [2.45, 2.75) is 43.7 Å². The molecule has 28 heavy (non-hydrogen) atoms. The van der Waals surface area contributed by atoms with Crippen molar-refractivity contribution >= 4 is 21.7 Å². The minimum Gasteiger partial charge on any atom is -0.465 e. The monoisotopic (exact) mass is 410 g/mol. The number of benzene rings is 1. The van der Waals surface area contributed by atoms with Gasteiger partial charge in [-0.15, -0.1) is 5.23 Å². The molecule has 0 radical (unpaired) electrons. The second-order valence-electron chi connectivity index (χ2n) is 6.36. The summed E-state index contributed by atoms with van der Waals surface area (Å²) in [6, 6.07) is 4.79. The lowest BCUT2D eigenvalue weighted by molar-refractivity contribution is -0.144. The van der Waals surface area contributed by atoms with Gasteiger partial charge in [-0.2, -0.15) is 5.10 Å². The Morgan fingerprint density at radius 2 is 2.21 bits per heavy atom. The summed E-state index contributed by atoms with van der Waals surface area (Å²) < 4.78 is 34.7. The van der Waals surface area contributed by atoms with Crippen molar-refractivity contribution in [3.63, 3.8) is 0 Å². The van der Waals surface area contributed by atoms with Crippen LogP contribution in [-0.4, -0.2) is 41.2 Å². The van der Waals surface area contributed by atoms with Gasteiger partial charge in [0.25, 0.3) is 0 Å². The Bertz CT molecular complexity index is 956. The molecule has 0 saturated carbocycles. The summed E-state index contributed by atoms with van der Waals surface area (Å²) in [5.74, 6) is -0.398. The smallest absolute Gasteiger partial charge is 0.327 e. The minimum atomic E-state index is -3.91. The van der Waals surface area contributed by atoms with Crippen LogP contribution < -0.4 is 9.95 Å². The molecule has 0 fully saturated rings. The second kappa shape index (κ2) is 8.27. The lowest BCUT2D eigenvalue weighted by atomic mass is 9.94. The number of carbonyl (C=O) groups is 1. The largest absolute Gasteiger partial charge is 0.465 e. The number of esters is 1. The molecule has 1 heterocycles. The first kappa shape index (κ1) is 20.3. The maximum Gasteiger partial charge on any atom is 0.327 e. The molecule has 0 saturated heterocycles. The zero-order valence-electron chi connectivity index (χ0n) is 15.3. The molecule has 1 aliphatic rings. The molecule has 3 N–H and O–H groups in total. The van der Waals surface area contributed by atoms with Crippen LogP contribution in [0, 0.1) is 0 Å². The highest BCUT2D eigenvalue weighted by Gasteiger charge is 2.29. The van der Waals surface area contributed by atoms with E-state index in [-0.39, 0.29) is 29.0 Å². The Labute approximate surface area is 162 Å². The number of nitrogens with zero attached hydrogens (tertiary/aromatic N) is 3. The van der Waals surface area contributed by atoms with Crippen LogP contribution in [0.15, 0.2) is 35.4 Å². The van der Waals surface area contributed by atoms with Gasteiger partial charge in [0.1, 0.15) is 6.54 Å². The van der Waals surface area contributed by atoms with E-state index in [9.17, 15) is 13.2 Å².